The molecule has 0 fully saturated rings. The van der Waals surface area contributed by atoms with E-state index in [-0.39, 0.29) is 11.8 Å². The van der Waals surface area contributed by atoms with Gasteiger partial charge in [0, 0.05) is 17.7 Å². The number of ether oxygens (including phenoxy) is 1. The fourth-order valence-electron chi connectivity index (χ4n) is 2.40. The van der Waals surface area contributed by atoms with Gasteiger partial charge in [-0.15, -0.1) is 0 Å². The lowest BCUT2D eigenvalue weighted by atomic mass is 10.2. The molecule has 1 aromatic heterocycles. The van der Waals surface area contributed by atoms with E-state index in [1.54, 1.807) is 43.1 Å². The van der Waals surface area contributed by atoms with Crippen LogP contribution in [0.2, 0.25) is 0 Å². The Bertz CT molecular complexity index is 891. The molecule has 140 valence electrons. The van der Waals surface area contributed by atoms with Crippen LogP contribution in [0, 0.1) is 0 Å². The molecule has 0 saturated carbocycles. The molecule has 2 amide bonds. The summed E-state index contributed by atoms with van der Waals surface area (Å²) in [6.45, 7) is 0. The van der Waals surface area contributed by atoms with Crippen molar-refractivity contribution in [1.82, 2.24) is 20.8 Å². The van der Waals surface area contributed by atoms with E-state index in [2.05, 4.69) is 20.8 Å². The second-order valence-electron chi connectivity index (χ2n) is 5.74. The third kappa shape index (κ3) is 5.24. The molecule has 0 aliphatic rings. The Balaban J connectivity index is 1.36. The summed E-state index contributed by atoms with van der Waals surface area (Å²) in [7, 11) is 1.56. The number of thioether (sulfide) groups is 1. The maximum Gasteiger partial charge on any atom is 0.269 e. The number of hydrazine groups is 1. The van der Waals surface area contributed by atoms with Crippen molar-refractivity contribution in [2.75, 3.05) is 12.9 Å². The van der Waals surface area contributed by atoms with Gasteiger partial charge in [-0.25, -0.2) is 4.98 Å². The zero-order chi connectivity index (χ0) is 19.1. The highest BCUT2D eigenvalue weighted by Gasteiger charge is 2.08. The van der Waals surface area contributed by atoms with E-state index in [0.717, 1.165) is 21.9 Å². The van der Waals surface area contributed by atoms with Crippen LogP contribution >= 0.6 is 11.8 Å². The second-order valence-corrected chi connectivity index (χ2v) is 6.83. The summed E-state index contributed by atoms with van der Waals surface area (Å²) in [6.07, 6.45) is 0.988. The number of amides is 2. The maximum absolute atomic E-state index is 12.0. The fraction of sp³-hybridized carbons (Fsp3) is 0.211. The minimum Gasteiger partial charge on any atom is -0.497 e. The predicted octanol–water partition coefficient (Wildman–Crippen LogP) is 2.91. The van der Waals surface area contributed by atoms with Crippen molar-refractivity contribution in [2.45, 2.75) is 18.0 Å². The average Bonchev–Trinajstić information content (AvgIpc) is 3.12. The van der Waals surface area contributed by atoms with Crippen molar-refractivity contribution < 1.29 is 14.3 Å². The number of hydrogen-bond donors (Lipinski definition) is 3. The molecule has 1 heterocycles. The minimum absolute atomic E-state index is 0.234. The highest BCUT2D eigenvalue weighted by molar-refractivity contribution is 7.99. The Kier molecular flexibility index (Phi) is 6.32. The highest BCUT2D eigenvalue weighted by atomic mass is 32.2. The molecule has 0 unspecified atom stereocenters. The third-order valence-electron chi connectivity index (χ3n) is 3.82. The van der Waals surface area contributed by atoms with Crippen molar-refractivity contribution in [2.24, 2.45) is 0 Å². The summed E-state index contributed by atoms with van der Waals surface area (Å²) >= 11 is 1.57. The molecule has 3 rings (SSSR count). The van der Waals surface area contributed by atoms with Gasteiger partial charge in [0.2, 0.25) is 5.91 Å². The lowest BCUT2D eigenvalue weighted by molar-refractivity contribution is -0.121. The molecule has 0 spiro atoms. The summed E-state index contributed by atoms with van der Waals surface area (Å²) < 4.78 is 5.04. The molecule has 0 saturated heterocycles. The number of H-pyrrole nitrogens is 1. The van der Waals surface area contributed by atoms with Crippen LogP contribution < -0.4 is 15.6 Å². The molecule has 7 nitrogen and oxygen atoms in total. The van der Waals surface area contributed by atoms with Crippen molar-refractivity contribution in [3.8, 4) is 5.75 Å². The molecule has 0 aliphatic carbocycles. The van der Waals surface area contributed by atoms with Gasteiger partial charge in [0.05, 0.1) is 18.1 Å². The van der Waals surface area contributed by atoms with Gasteiger partial charge in [-0.05, 0) is 42.8 Å². The topological polar surface area (TPSA) is 96.1 Å². The van der Waals surface area contributed by atoms with Gasteiger partial charge in [-0.1, -0.05) is 23.9 Å². The SMILES string of the molecule is COc1ccc(C(=O)NNC(=O)CCCSc2nc3ccccc3[nH]2)cc1. The number of carbonyl (C=O) groups excluding carboxylic acids is 2. The molecule has 27 heavy (non-hydrogen) atoms. The maximum atomic E-state index is 12.0. The summed E-state index contributed by atoms with van der Waals surface area (Å²) in [6, 6.07) is 14.5. The number of nitrogens with zero attached hydrogens (tertiary/aromatic N) is 1. The summed E-state index contributed by atoms with van der Waals surface area (Å²) in [5.41, 5.74) is 7.21. The van der Waals surface area contributed by atoms with Gasteiger partial charge >= 0.3 is 0 Å². The molecular formula is C19H20N4O3S. The monoisotopic (exact) mass is 384 g/mol. The number of benzene rings is 2. The average molecular weight is 384 g/mol. The van der Waals surface area contributed by atoms with E-state index in [0.29, 0.717) is 24.2 Å². The predicted molar refractivity (Wildman–Crippen MR) is 105 cm³/mol. The van der Waals surface area contributed by atoms with E-state index in [1.807, 2.05) is 24.3 Å². The molecule has 8 heteroatoms. The van der Waals surface area contributed by atoms with Crippen molar-refractivity contribution in [1.29, 1.82) is 0 Å². The van der Waals surface area contributed by atoms with Gasteiger partial charge in [0.25, 0.3) is 5.91 Å². The number of carbonyl (C=O) groups is 2. The van der Waals surface area contributed by atoms with Gasteiger partial charge in [-0.3, -0.25) is 20.4 Å². The number of para-hydroxylation sites is 2. The summed E-state index contributed by atoms with van der Waals surface area (Å²) in [4.78, 5) is 31.5. The largest absolute Gasteiger partial charge is 0.497 e. The number of imidazole rings is 1. The van der Waals surface area contributed by atoms with Crippen molar-refractivity contribution in [3.63, 3.8) is 0 Å². The van der Waals surface area contributed by atoms with Crippen LogP contribution in [0.1, 0.15) is 23.2 Å². The number of fused-ring (bicyclic) bond motifs is 1. The van der Waals surface area contributed by atoms with E-state index >= 15 is 0 Å². The van der Waals surface area contributed by atoms with E-state index < -0.39 is 0 Å². The molecule has 2 aromatic carbocycles. The fourth-order valence-corrected chi connectivity index (χ4v) is 3.23. The molecular weight excluding hydrogens is 364 g/mol. The lowest BCUT2D eigenvalue weighted by Crippen LogP contribution is -2.41. The number of methoxy groups -OCH3 is 1. The Morgan fingerprint density at radius 1 is 1.11 bits per heavy atom. The van der Waals surface area contributed by atoms with Crippen molar-refractivity contribution in [3.05, 3.63) is 54.1 Å². The molecule has 0 aliphatic heterocycles. The van der Waals surface area contributed by atoms with E-state index in [9.17, 15) is 9.59 Å². The van der Waals surface area contributed by atoms with Crippen LogP contribution in [-0.4, -0.2) is 34.6 Å². The number of nitrogens with one attached hydrogen (secondary N) is 3. The quantitative estimate of drug-likeness (QED) is 0.331. The second kappa shape index (κ2) is 9.09. The molecule has 0 radical (unpaired) electrons. The number of hydrogen-bond acceptors (Lipinski definition) is 5. The van der Waals surface area contributed by atoms with Crippen LogP contribution in [-0.2, 0) is 4.79 Å². The number of rotatable bonds is 7. The zero-order valence-electron chi connectivity index (χ0n) is 14.8. The first-order valence-electron chi connectivity index (χ1n) is 8.46. The number of aromatic amines is 1. The van der Waals surface area contributed by atoms with Crippen LogP contribution in [0.25, 0.3) is 11.0 Å². The van der Waals surface area contributed by atoms with Crippen LogP contribution in [0.3, 0.4) is 0 Å². The van der Waals surface area contributed by atoms with Crippen LogP contribution in [0.15, 0.2) is 53.7 Å². The summed E-state index contributed by atoms with van der Waals surface area (Å²) in [5.74, 6) is 0.807. The smallest absolute Gasteiger partial charge is 0.269 e. The third-order valence-corrected chi connectivity index (χ3v) is 4.78. The van der Waals surface area contributed by atoms with Crippen molar-refractivity contribution >= 4 is 34.6 Å². The summed E-state index contributed by atoms with van der Waals surface area (Å²) in [5, 5.41) is 0.837. The highest BCUT2D eigenvalue weighted by Crippen LogP contribution is 2.20. The first-order valence-corrected chi connectivity index (χ1v) is 9.45. The van der Waals surface area contributed by atoms with E-state index in [1.165, 1.54) is 0 Å². The molecule has 3 N–H and O–H groups in total. The molecule has 3 aromatic rings. The Morgan fingerprint density at radius 3 is 2.63 bits per heavy atom. The van der Waals surface area contributed by atoms with Crippen LogP contribution in [0.4, 0.5) is 0 Å². The first-order chi connectivity index (χ1) is 13.2. The zero-order valence-corrected chi connectivity index (χ0v) is 15.6. The van der Waals surface area contributed by atoms with Crippen LogP contribution in [0.5, 0.6) is 5.75 Å². The number of aromatic nitrogens is 2. The normalized spacial score (nSPS) is 10.6. The Labute approximate surface area is 160 Å². The Morgan fingerprint density at radius 2 is 1.89 bits per heavy atom. The molecule has 0 atom stereocenters. The standard InChI is InChI=1S/C19H20N4O3S/c1-26-14-10-8-13(9-11-14)18(25)23-22-17(24)7-4-12-27-19-20-15-5-2-3-6-16(15)21-19/h2-3,5-6,8-11H,4,7,12H2,1H3,(H,20,21)(H,22,24)(H,23,25). The minimum atomic E-state index is -0.373. The van der Waals surface area contributed by atoms with Gasteiger partial charge < -0.3 is 9.72 Å². The van der Waals surface area contributed by atoms with E-state index in [4.69, 9.17) is 4.74 Å². The Hall–Kier alpha value is -3.00. The lowest BCUT2D eigenvalue weighted by Gasteiger charge is -2.07. The molecule has 0 bridgehead atoms. The van der Waals surface area contributed by atoms with Gasteiger partial charge in [0.15, 0.2) is 5.16 Å². The van der Waals surface area contributed by atoms with Gasteiger partial charge in [0.1, 0.15) is 5.75 Å². The first kappa shape index (κ1) is 18.8. The van der Waals surface area contributed by atoms with Gasteiger partial charge in [-0.2, -0.15) is 0 Å².